The van der Waals surface area contributed by atoms with E-state index in [4.69, 9.17) is 4.74 Å². The summed E-state index contributed by atoms with van der Waals surface area (Å²) in [5, 5.41) is 13.3. The molecule has 1 aliphatic carbocycles. The summed E-state index contributed by atoms with van der Waals surface area (Å²) in [5.41, 5.74) is 1.16. The maximum atomic E-state index is 12.2. The van der Waals surface area contributed by atoms with Gasteiger partial charge in [-0.15, -0.1) is 0 Å². The van der Waals surface area contributed by atoms with Crippen LogP contribution in [0.25, 0.3) is 0 Å². The molecule has 1 unspecified atom stereocenters. The first kappa shape index (κ1) is 14.4. The van der Waals surface area contributed by atoms with Crippen molar-refractivity contribution in [3.8, 4) is 5.75 Å². The molecule has 1 fully saturated rings. The van der Waals surface area contributed by atoms with Gasteiger partial charge < -0.3 is 15.2 Å². The maximum absolute atomic E-state index is 12.2. The fraction of sp³-hybridized carbons (Fsp3) is 0.562. The van der Waals surface area contributed by atoms with Crippen LogP contribution in [0.2, 0.25) is 0 Å². The molecule has 1 aliphatic heterocycles. The van der Waals surface area contributed by atoms with E-state index < -0.39 is 11.5 Å². The van der Waals surface area contributed by atoms with Gasteiger partial charge in [-0.05, 0) is 42.5 Å². The van der Waals surface area contributed by atoms with Crippen LogP contribution in [0.4, 0.5) is 0 Å². The van der Waals surface area contributed by atoms with Gasteiger partial charge in [0.1, 0.15) is 11.3 Å². The third-order valence-electron chi connectivity index (χ3n) is 4.76. The van der Waals surface area contributed by atoms with E-state index in [0.717, 1.165) is 55.9 Å². The Labute approximate surface area is 124 Å². The van der Waals surface area contributed by atoms with E-state index in [1.165, 1.54) is 0 Å². The number of ether oxygens (including phenoxy) is 1. The molecule has 0 bridgehead atoms. The van der Waals surface area contributed by atoms with Crippen molar-refractivity contribution in [2.45, 2.75) is 24.8 Å². The average molecular weight is 290 g/mol. The first-order valence-electron chi connectivity index (χ1n) is 7.55. The molecule has 2 aliphatic rings. The van der Waals surface area contributed by atoms with Gasteiger partial charge in [-0.25, -0.2) is 4.79 Å². The molecular formula is C16H22N2O3. The Morgan fingerprint density at radius 2 is 2.14 bits per heavy atom. The van der Waals surface area contributed by atoms with Gasteiger partial charge >= 0.3 is 5.97 Å². The summed E-state index contributed by atoms with van der Waals surface area (Å²) < 4.78 is 5.32. The minimum absolute atomic E-state index is 0.669. The highest BCUT2D eigenvalue weighted by molar-refractivity contribution is 5.82. The largest absolute Gasteiger partial charge is 0.497 e. The number of carboxylic acid groups (broad SMARTS) is 1. The van der Waals surface area contributed by atoms with Gasteiger partial charge in [0.15, 0.2) is 0 Å². The molecule has 0 radical (unpaired) electrons. The topological polar surface area (TPSA) is 61.8 Å². The van der Waals surface area contributed by atoms with Gasteiger partial charge in [0.05, 0.1) is 7.11 Å². The third-order valence-corrected chi connectivity index (χ3v) is 4.76. The van der Waals surface area contributed by atoms with Crippen LogP contribution in [0.15, 0.2) is 18.2 Å². The fourth-order valence-electron chi connectivity index (χ4n) is 3.69. The van der Waals surface area contributed by atoms with E-state index in [1.54, 1.807) is 7.11 Å². The van der Waals surface area contributed by atoms with Crippen LogP contribution in [0.1, 0.15) is 24.0 Å². The van der Waals surface area contributed by atoms with Crippen LogP contribution in [0.5, 0.6) is 5.75 Å². The van der Waals surface area contributed by atoms with Crippen molar-refractivity contribution in [2.24, 2.45) is 0 Å². The van der Waals surface area contributed by atoms with Gasteiger partial charge in [0, 0.05) is 26.2 Å². The van der Waals surface area contributed by atoms with Crippen molar-refractivity contribution < 1.29 is 14.6 Å². The molecule has 0 spiro atoms. The predicted octanol–water partition coefficient (Wildman–Crippen LogP) is 1.22. The first-order chi connectivity index (χ1) is 10.2. The molecule has 0 saturated carbocycles. The molecule has 3 rings (SSSR count). The Balaban J connectivity index is 2.11. The lowest BCUT2D eigenvalue weighted by atomic mass is 9.75. The molecule has 1 aromatic rings. The van der Waals surface area contributed by atoms with Crippen molar-refractivity contribution in [1.29, 1.82) is 0 Å². The average Bonchev–Trinajstić information content (AvgIpc) is 2.54. The Bertz CT molecular complexity index is 540. The van der Waals surface area contributed by atoms with Crippen molar-refractivity contribution >= 4 is 5.97 Å². The monoisotopic (exact) mass is 290 g/mol. The lowest BCUT2D eigenvalue weighted by molar-refractivity contribution is -0.154. The normalized spacial score (nSPS) is 26.1. The minimum atomic E-state index is -0.899. The standard InChI is InChI=1S/C16H22N2O3/c1-21-13-5-4-12-3-2-6-16(15(19)20,14(12)11-13)18-9-7-17-8-10-18/h4-5,11,17H,2-3,6-10H2,1H3,(H,19,20). The Morgan fingerprint density at radius 1 is 1.38 bits per heavy atom. The van der Waals surface area contributed by atoms with Crippen LogP contribution in [-0.2, 0) is 16.8 Å². The molecule has 21 heavy (non-hydrogen) atoms. The molecular weight excluding hydrogens is 268 g/mol. The summed E-state index contributed by atoms with van der Waals surface area (Å²) in [6.45, 7) is 3.22. The molecule has 1 heterocycles. The smallest absolute Gasteiger partial charge is 0.328 e. The lowest BCUT2D eigenvalue weighted by Crippen LogP contribution is -2.59. The Morgan fingerprint density at radius 3 is 2.81 bits per heavy atom. The van der Waals surface area contributed by atoms with Crippen LogP contribution < -0.4 is 10.1 Å². The molecule has 2 N–H and O–H groups in total. The predicted molar refractivity (Wildman–Crippen MR) is 79.7 cm³/mol. The first-order valence-corrected chi connectivity index (χ1v) is 7.55. The summed E-state index contributed by atoms with van der Waals surface area (Å²) >= 11 is 0. The van der Waals surface area contributed by atoms with Gasteiger partial charge in [-0.2, -0.15) is 0 Å². The van der Waals surface area contributed by atoms with Crippen molar-refractivity contribution in [3.63, 3.8) is 0 Å². The Hall–Kier alpha value is -1.59. The second-order valence-corrected chi connectivity index (χ2v) is 5.78. The van der Waals surface area contributed by atoms with Gasteiger partial charge in [0.2, 0.25) is 0 Å². The number of methoxy groups -OCH3 is 1. The van der Waals surface area contributed by atoms with Gasteiger partial charge in [-0.3, -0.25) is 4.90 Å². The summed E-state index contributed by atoms with van der Waals surface area (Å²) in [4.78, 5) is 14.4. The van der Waals surface area contributed by atoms with Crippen molar-refractivity contribution in [2.75, 3.05) is 33.3 Å². The van der Waals surface area contributed by atoms with Crippen molar-refractivity contribution in [1.82, 2.24) is 10.2 Å². The van der Waals surface area contributed by atoms with E-state index in [2.05, 4.69) is 10.2 Å². The number of carbonyl (C=O) groups is 1. The number of benzene rings is 1. The second kappa shape index (κ2) is 5.66. The van der Waals surface area contributed by atoms with E-state index in [-0.39, 0.29) is 0 Å². The zero-order valence-electron chi connectivity index (χ0n) is 12.4. The molecule has 5 heteroatoms. The number of aliphatic carboxylic acids is 1. The Kier molecular flexibility index (Phi) is 3.87. The maximum Gasteiger partial charge on any atom is 0.328 e. The SMILES string of the molecule is COc1ccc2c(c1)C(C(=O)O)(N1CCNCC1)CCC2. The summed E-state index contributed by atoms with van der Waals surface area (Å²) in [6, 6.07) is 5.87. The highest BCUT2D eigenvalue weighted by Gasteiger charge is 2.48. The van der Waals surface area contributed by atoms with Crippen LogP contribution >= 0.6 is 0 Å². The molecule has 0 aromatic heterocycles. The number of piperazine rings is 1. The number of carboxylic acids is 1. The molecule has 1 saturated heterocycles. The highest BCUT2D eigenvalue weighted by Crippen LogP contribution is 2.42. The number of aryl methyl sites for hydroxylation is 1. The van der Waals surface area contributed by atoms with Crippen molar-refractivity contribution in [3.05, 3.63) is 29.3 Å². The number of nitrogens with one attached hydrogen (secondary N) is 1. The number of hydrogen-bond donors (Lipinski definition) is 2. The number of nitrogens with zero attached hydrogens (tertiary/aromatic N) is 1. The summed E-state index contributed by atoms with van der Waals surface area (Å²) in [6.07, 6.45) is 2.53. The second-order valence-electron chi connectivity index (χ2n) is 5.78. The third kappa shape index (κ3) is 2.30. The highest BCUT2D eigenvalue weighted by atomic mass is 16.5. The van der Waals surface area contributed by atoms with Gasteiger partial charge in [0.25, 0.3) is 0 Å². The van der Waals surface area contributed by atoms with Gasteiger partial charge in [-0.1, -0.05) is 6.07 Å². The molecule has 114 valence electrons. The summed E-state index contributed by atoms with van der Waals surface area (Å²) in [5.74, 6) is -0.00462. The summed E-state index contributed by atoms with van der Waals surface area (Å²) in [7, 11) is 1.62. The van der Waals surface area contributed by atoms with E-state index in [9.17, 15) is 9.90 Å². The van der Waals surface area contributed by atoms with E-state index in [1.807, 2.05) is 18.2 Å². The van der Waals surface area contributed by atoms with Crippen LogP contribution in [-0.4, -0.2) is 49.3 Å². The minimum Gasteiger partial charge on any atom is -0.497 e. The number of fused-ring (bicyclic) bond motifs is 1. The number of rotatable bonds is 3. The van der Waals surface area contributed by atoms with Crippen LogP contribution in [0.3, 0.4) is 0 Å². The van der Waals surface area contributed by atoms with Crippen LogP contribution in [0, 0.1) is 0 Å². The zero-order valence-corrected chi connectivity index (χ0v) is 12.4. The quantitative estimate of drug-likeness (QED) is 0.876. The molecule has 0 amide bonds. The fourth-order valence-corrected chi connectivity index (χ4v) is 3.69. The molecule has 5 nitrogen and oxygen atoms in total. The lowest BCUT2D eigenvalue weighted by Gasteiger charge is -2.46. The van der Waals surface area contributed by atoms with E-state index >= 15 is 0 Å². The zero-order chi connectivity index (χ0) is 14.9. The van der Waals surface area contributed by atoms with E-state index in [0.29, 0.717) is 6.42 Å². The number of hydrogen-bond acceptors (Lipinski definition) is 4. The molecule has 1 atom stereocenters. The molecule has 1 aromatic carbocycles.